The average molecular weight is 603 g/mol. The fraction of sp³-hybridized carbons (Fsp3) is 0.167. The van der Waals surface area contributed by atoms with Gasteiger partial charge in [-0.1, -0.05) is 48.5 Å². The normalized spacial score (nSPS) is 11.5. The smallest absolute Gasteiger partial charge is 0.165 e. The Labute approximate surface area is 252 Å². The monoisotopic (exact) mass is 602 g/mol. The van der Waals surface area contributed by atoms with Crippen LogP contribution in [-0.2, 0) is 0 Å². The van der Waals surface area contributed by atoms with E-state index in [1.54, 1.807) is 76.2 Å². The van der Waals surface area contributed by atoms with Crippen LogP contribution < -0.4 is 0 Å². The van der Waals surface area contributed by atoms with Crippen molar-refractivity contribution in [3.8, 4) is 23.0 Å². The van der Waals surface area contributed by atoms with Crippen molar-refractivity contribution in [3.05, 3.63) is 152 Å². The Bertz CT molecular complexity index is 1550. The van der Waals surface area contributed by atoms with E-state index in [9.17, 15) is 38.0 Å². The summed E-state index contributed by atoms with van der Waals surface area (Å²) in [6.07, 6.45) is 0. The highest BCUT2D eigenvalue weighted by molar-refractivity contribution is 5.53. The van der Waals surface area contributed by atoms with Gasteiger partial charge in [0.15, 0.2) is 46.3 Å². The minimum absolute atomic E-state index is 0.284. The van der Waals surface area contributed by atoms with Gasteiger partial charge in [0.25, 0.3) is 0 Å². The Balaban J connectivity index is 1.70. The standard InChI is InChI=1S/C36H30F4O4/c1-17-9-23(13-27(37)33(17)41)31(24-10-18(2)34(42)28(38)14-24)21-5-7-22(8-6-21)32(25-11-19(3)35(43)29(39)15-25)26-12-20(4)36(44)30(40)16-26/h5-16,31-32,41-44H,1-4H3. The van der Waals surface area contributed by atoms with Crippen LogP contribution in [0.2, 0.25) is 0 Å². The molecule has 0 spiro atoms. The molecular formula is C36H30F4O4. The van der Waals surface area contributed by atoms with Gasteiger partial charge < -0.3 is 20.4 Å². The van der Waals surface area contributed by atoms with E-state index < -0.39 is 58.1 Å². The molecule has 0 saturated carbocycles. The lowest BCUT2D eigenvalue weighted by Crippen LogP contribution is -2.08. The van der Waals surface area contributed by atoms with E-state index in [1.165, 1.54) is 24.3 Å². The molecule has 5 aromatic rings. The van der Waals surface area contributed by atoms with Crippen LogP contribution in [0, 0.1) is 51.0 Å². The summed E-state index contributed by atoms with van der Waals surface area (Å²) in [6, 6.07) is 18.0. The zero-order valence-corrected chi connectivity index (χ0v) is 24.4. The van der Waals surface area contributed by atoms with Crippen molar-refractivity contribution in [3.63, 3.8) is 0 Å². The predicted octanol–water partition coefficient (Wildman–Crippen LogP) is 8.66. The van der Waals surface area contributed by atoms with Gasteiger partial charge in [0, 0.05) is 11.8 Å². The van der Waals surface area contributed by atoms with Crippen molar-refractivity contribution in [1.29, 1.82) is 0 Å². The third-order valence-electron chi connectivity index (χ3n) is 8.04. The van der Waals surface area contributed by atoms with Crippen molar-refractivity contribution in [2.24, 2.45) is 0 Å². The molecule has 0 bridgehead atoms. The molecule has 0 aliphatic rings. The van der Waals surface area contributed by atoms with Crippen molar-refractivity contribution in [1.82, 2.24) is 0 Å². The largest absolute Gasteiger partial charge is 0.505 e. The van der Waals surface area contributed by atoms with Crippen LogP contribution in [0.25, 0.3) is 0 Å². The fourth-order valence-corrected chi connectivity index (χ4v) is 5.75. The average Bonchev–Trinajstić information content (AvgIpc) is 2.97. The Morgan fingerprint density at radius 3 is 0.750 bits per heavy atom. The summed E-state index contributed by atoms with van der Waals surface area (Å²) >= 11 is 0. The summed E-state index contributed by atoms with van der Waals surface area (Å²) in [4.78, 5) is 0. The van der Waals surface area contributed by atoms with E-state index in [0.29, 0.717) is 33.4 Å². The minimum atomic E-state index is -0.841. The molecule has 0 aliphatic carbocycles. The zero-order chi connectivity index (χ0) is 32.0. The van der Waals surface area contributed by atoms with Gasteiger partial charge in [0.1, 0.15) is 0 Å². The molecule has 0 aliphatic heterocycles. The lowest BCUT2D eigenvalue weighted by Gasteiger charge is -2.24. The molecule has 8 heteroatoms. The van der Waals surface area contributed by atoms with Crippen LogP contribution in [0.1, 0.15) is 67.5 Å². The first-order valence-corrected chi connectivity index (χ1v) is 13.8. The lowest BCUT2D eigenvalue weighted by molar-refractivity contribution is 0.426. The number of hydrogen-bond acceptors (Lipinski definition) is 4. The first-order valence-electron chi connectivity index (χ1n) is 13.8. The van der Waals surface area contributed by atoms with Gasteiger partial charge in [-0.3, -0.25) is 0 Å². The van der Waals surface area contributed by atoms with Gasteiger partial charge in [-0.05, 0) is 108 Å². The number of halogens is 4. The van der Waals surface area contributed by atoms with Gasteiger partial charge in [-0.15, -0.1) is 0 Å². The van der Waals surface area contributed by atoms with Gasteiger partial charge in [0.05, 0.1) is 0 Å². The Kier molecular flexibility index (Phi) is 8.04. The van der Waals surface area contributed by atoms with Crippen LogP contribution in [0.4, 0.5) is 17.6 Å². The minimum Gasteiger partial charge on any atom is -0.505 e. The maximum absolute atomic E-state index is 14.7. The maximum Gasteiger partial charge on any atom is 0.165 e. The van der Waals surface area contributed by atoms with E-state index in [-0.39, 0.29) is 22.3 Å². The third kappa shape index (κ3) is 5.55. The van der Waals surface area contributed by atoms with Gasteiger partial charge in [-0.25, -0.2) is 17.6 Å². The summed E-state index contributed by atoms with van der Waals surface area (Å²) in [7, 11) is 0. The van der Waals surface area contributed by atoms with Crippen molar-refractivity contribution < 1.29 is 38.0 Å². The molecule has 0 atom stereocenters. The van der Waals surface area contributed by atoms with Crippen molar-refractivity contribution in [2.45, 2.75) is 39.5 Å². The molecule has 44 heavy (non-hydrogen) atoms. The van der Waals surface area contributed by atoms with E-state index in [2.05, 4.69) is 0 Å². The summed E-state index contributed by atoms with van der Waals surface area (Å²) < 4.78 is 58.9. The van der Waals surface area contributed by atoms with Crippen LogP contribution in [-0.4, -0.2) is 20.4 Å². The van der Waals surface area contributed by atoms with Crippen molar-refractivity contribution in [2.75, 3.05) is 0 Å². The third-order valence-corrected chi connectivity index (χ3v) is 8.04. The van der Waals surface area contributed by atoms with Crippen molar-refractivity contribution >= 4 is 0 Å². The number of hydrogen-bond donors (Lipinski definition) is 4. The molecule has 0 amide bonds. The predicted molar refractivity (Wildman–Crippen MR) is 160 cm³/mol. The van der Waals surface area contributed by atoms with Gasteiger partial charge in [-0.2, -0.15) is 0 Å². The van der Waals surface area contributed by atoms with Gasteiger partial charge >= 0.3 is 0 Å². The molecule has 0 radical (unpaired) electrons. The van der Waals surface area contributed by atoms with Crippen LogP contribution >= 0.6 is 0 Å². The zero-order valence-electron chi connectivity index (χ0n) is 24.4. The molecule has 4 nitrogen and oxygen atoms in total. The number of benzene rings is 5. The van der Waals surface area contributed by atoms with Gasteiger partial charge in [0.2, 0.25) is 0 Å². The van der Waals surface area contributed by atoms with Crippen LogP contribution in [0.3, 0.4) is 0 Å². The SMILES string of the molecule is Cc1cc(C(c2ccc(C(c3cc(C)c(O)c(F)c3)c3cc(C)c(O)c(F)c3)cc2)c2cc(C)c(O)c(F)c2)cc(F)c1O. The number of phenolic OH excluding ortho intramolecular Hbond substituents is 4. The molecule has 226 valence electrons. The molecular weight excluding hydrogens is 572 g/mol. The topological polar surface area (TPSA) is 80.9 Å². The first kappa shape index (κ1) is 30.5. The molecule has 0 heterocycles. The second-order valence-electron chi connectivity index (χ2n) is 11.2. The molecule has 5 rings (SSSR count). The highest BCUT2D eigenvalue weighted by Gasteiger charge is 2.25. The molecule has 0 fully saturated rings. The number of aryl methyl sites for hydroxylation is 4. The summed E-state index contributed by atoms with van der Waals surface area (Å²) in [6.45, 7) is 6.19. The van der Waals surface area contributed by atoms with E-state index in [1.807, 2.05) is 0 Å². The molecule has 0 aromatic heterocycles. The first-order chi connectivity index (χ1) is 20.8. The summed E-state index contributed by atoms with van der Waals surface area (Å²) in [5.41, 5.74) is 4.08. The Morgan fingerprint density at radius 1 is 0.364 bits per heavy atom. The van der Waals surface area contributed by atoms with Crippen LogP contribution in [0.5, 0.6) is 23.0 Å². The molecule has 4 N–H and O–H groups in total. The summed E-state index contributed by atoms with van der Waals surface area (Å²) in [5, 5.41) is 40.2. The van der Waals surface area contributed by atoms with E-state index in [0.717, 1.165) is 0 Å². The number of rotatable bonds is 6. The maximum atomic E-state index is 14.7. The number of aromatic hydroxyl groups is 4. The Hall–Kier alpha value is -4.98. The molecule has 0 unspecified atom stereocenters. The van der Waals surface area contributed by atoms with Crippen LogP contribution in [0.15, 0.2) is 72.8 Å². The van der Waals surface area contributed by atoms with E-state index >= 15 is 0 Å². The quantitative estimate of drug-likeness (QED) is 0.116. The lowest BCUT2D eigenvalue weighted by atomic mass is 9.80. The Morgan fingerprint density at radius 2 is 0.568 bits per heavy atom. The highest BCUT2D eigenvalue weighted by Crippen LogP contribution is 2.41. The molecule has 0 saturated heterocycles. The fourth-order valence-electron chi connectivity index (χ4n) is 5.75. The second kappa shape index (κ2) is 11.6. The second-order valence-corrected chi connectivity index (χ2v) is 11.2. The van der Waals surface area contributed by atoms with E-state index in [4.69, 9.17) is 0 Å². The number of phenols is 4. The summed E-state index contributed by atoms with van der Waals surface area (Å²) in [5.74, 6) is -6.77. The highest BCUT2D eigenvalue weighted by atomic mass is 19.1. The molecule has 5 aromatic carbocycles.